The molecule has 210 valence electrons. The molecule has 0 aromatic heterocycles. The van der Waals surface area contributed by atoms with Crippen molar-refractivity contribution in [3.05, 3.63) is 11.6 Å². The third kappa shape index (κ3) is 3.35. The number of esters is 1. The fourth-order valence-corrected chi connectivity index (χ4v) is 10.8. The van der Waals surface area contributed by atoms with Crippen LogP contribution < -0.4 is 0 Å². The molecule has 5 aliphatic rings. The van der Waals surface area contributed by atoms with E-state index in [1.165, 1.54) is 11.8 Å². The van der Waals surface area contributed by atoms with Gasteiger partial charge in [-0.2, -0.15) is 0 Å². The number of Topliss-reactive ketones (excluding diaryl/α,β-unsaturated/α-hetero) is 1. The maximum absolute atomic E-state index is 14.5. The molecule has 0 bridgehead atoms. The van der Waals surface area contributed by atoms with Gasteiger partial charge in [-0.15, -0.1) is 0 Å². The van der Waals surface area contributed by atoms with Gasteiger partial charge in [0.25, 0.3) is 0 Å². The summed E-state index contributed by atoms with van der Waals surface area (Å²) in [6.07, 6.45) is 10.1. The highest BCUT2D eigenvalue weighted by molar-refractivity contribution is 6.00. The minimum atomic E-state index is -0.571. The Labute approximate surface area is 229 Å². The molecule has 5 nitrogen and oxygen atoms in total. The number of hydrogen-bond donors (Lipinski definition) is 1. The van der Waals surface area contributed by atoms with Crippen LogP contribution in [0, 0.1) is 61.6 Å². The van der Waals surface area contributed by atoms with Gasteiger partial charge in [-0.05, 0) is 97.9 Å². The van der Waals surface area contributed by atoms with Gasteiger partial charge in [-0.1, -0.05) is 54.0 Å². The fraction of sp³-hybridized carbons (Fsp3) is 0.818. The first-order chi connectivity index (χ1) is 17.5. The standard InChI is InChI=1S/C33H49NO4/c1-9-38-27(37)33-14-12-28(2,3)18-21(33)25-22(35)16-24-30(6)17-20(19-34)26(36)29(4,5)23(30)10-11-31(24,7)32(25,8)13-15-33/h16,19-21,23,25,34H,9-15,17-18H2,1-8H3. The smallest absolute Gasteiger partial charge is 0.312 e. The lowest BCUT2D eigenvalue weighted by atomic mass is 9.33. The van der Waals surface area contributed by atoms with Crippen LogP contribution in [-0.2, 0) is 19.1 Å². The molecule has 5 rings (SSSR count). The molecule has 8 atom stereocenters. The van der Waals surface area contributed by atoms with Gasteiger partial charge in [0.05, 0.1) is 17.9 Å². The highest BCUT2D eigenvalue weighted by atomic mass is 16.5. The van der Waals surface area contributed by atoms with E-state index < -0.39 is 16.7 Å². The van der Waals surface area contributed by atoms with Gasteiger partial charge in [0, 0.05) is 17.5 Å². The van der Waals surface area contributed by atoms with Crippen molar-refractivity contribution in [1.29, 1.82) is 5.41 Å². The van der Waals surface area contributed by atoms with Crippen LogP contribution in [0.2, 0.25) is 0 Å². The van der Waals surface area contributed by atoms with Crippen LogP contribution in [0.15, 0.2) is 11.6 Å². The Morgan fingerprint density at radius 1 is 1.00 bits per heavy atom. The lowest BCUT2D eigenvalue weighted by Gasteiger charge is -2.69. The van der Waals surface area contributed by atoms with Crippen molar-refractivity contribution in [3.8, 4) is 0 Å². The third-order valence-corrected chi connectivity index (χ3v) is 13.0. The highest BCUT2D eigenvalue weighted by Gasteiger charge is 2.71. The van der Waals surface area contributed by atoms with Crippen LogP contribution in [0.25, 0.3) is 0 Å². The minimum absolute atomic E-state index is 0.0181. The summed E-state index contributed by atoms with van der Waals surface area (Å²) < 4.78 is 5.71. The lowest BCUT2D eigenvalue weighted by molar-refractivity contribution is -0.194. The molecule has 0 aromatic rings. The topological polar surface area (TPSA) is 84.3 Å². The van der Waals surface area contributed by atoms with Gasteiger partial charge in [-0.3, -0.25) is 14.4 Å². The maximum Gasteiger partial charge on any atom is 0.312 e. The lowest BCUT2D eigenvalue weighted by Crippen LogP contribution is -2.66. The van der Waals surface area contributed by atoms with E-state index in [4.69, 9.17) is 10.1 Å². The molecule has 1 N–H and O–H groups in total. The van der Waals surface area contributed by atoms with Crippen molar-refractivity contribution in [2.75, 3.05) is 6.61 Å². The van der Waals surface area contributed by atoms with Crippen LogP contribution in [0.4, 0.5) is 0 Å². The van der Waals surface area contributed by atoms with E-state index in [-0.39, 0.29) is 56.9 Å². The summed E-state index contributed by atoms with van der Waals surface area (Å²) in [5.74, 6) is -0.210. The largest absolute Gasteiger partial charge is 0.466 e. The second-order valence-electron chi connectivity index (χ2n) is 15.6. The third-order valence-electron chi connectivity index (χ3n) is 13.0. The molecule has 38 heavy (non-hydrogen) atoms. The van der Waals surface area contributed by atoms with Crippen molar-refractivity contribution in [2.45, 2.75) is 107 Å². The first-order valence-electron chi connectivity index (χ1n) is 15.0. The van der Waals surface area contributed by atoms with Crippen LogP contribution in [0.3, 0.4) is 0 Å². The van der Waals surface area contributed by atoms with Gasteiger partial charge in [0.2, 0.25) is 0 Å². The maximum atomic E-state index is 14.5. The number of hydrogen-bond acceptors (Lipinski definition) is 5. The van der Waals surface area contributed by atoms with Crippen LogP contribution in [-0.4, -0.2) is 30.4 Å². The number of ketones is 2. The van der Waals surface area contributed by atoms with Gasteiger partial charge >= 0.3 is 5.97 Å². The first kappa shape index (κ1) is 27.8. The molecule has 0 saturated heterocycles. The Hall–Kier alpha value is -1.78. The molecule has 0 amide bonds. The average molecular weight is 524 g/mol. The zero-order chi connectivity index (χ0) is 28.1. The second kappa shape index (κ2) is 8.36. The predicted molar refractivity (Wildman–Crippen MR) is 149 cm³/mol. The number of allylic oxidation sites excluding steroid dienone is 2. The summed E-state index contributed by atoms with van der Waals surface area (Å²) in [7, 11) is 0. The average Bonchev–Trinajstić information content (AvgIpc) is 2.82. The molecule has 5 heteroatoms. The van der Waals surface area contributed by atoms with E-state index >= 15 is 0 Å². The van der Waals surface area contributed by atoms with E-state index in [2.05, 4.69) is 48.5 Å². The van der Waals surface area contributed by atoms with Crippen molar-refractivity contribution in [1.82, 2.24) is 0 Å². The van der Waals surface area contributed by atoms with Crippen LogP contribution in [0.5, 0.6) is 0 Å². The number of carbonyl (C=O) groups excluding carboxylic acids is 3. The normalized spacial score (nSPS) is 47.0. The van der Waals surface area contributed by atoms with Crippen molar-refractivity contribution >= 4 is 23.8 Å². The molecule has 5 aliphatic carbocycles. The number of carbonyl (C=O) groups is 3. The SMILES string of the molecule is CCOC(=O)C12CCC(C)(C)CC1C1C(=O)C=C3C4(C)CC(C=N)C(=O)C(C)(C)C4CCC3(C)C1(C)CC2. The Morgan fingerprint density at radius 3 is 2.29 bits per heavy atom. The van der Waals surface area contributed by atoms with Gasteiger partial charge < -0.3 is 10.1 Å². The van der Waals surface area contributed by atoms with E-state index in [9.17, 15) is 14.4 Å². The Morgan fingerprint density at radius 2 is 1.66 bits per heavy atom. The number of rotatable bonds is 3. The van der Waals surface area contributed by atoms with Gasteiger partial charge in [0.15, 0.2) is 5.78 Å². The second-order valence-corrected chi connectivity index (χ2v) is 15.6. The Bertz CT molecular complexity index is 1120. The zero-order valence-electron chi connectivity index (χ0n) is 25.0. The monoisotopic (exact) mass is 523 g/mol. The van der Waals surface area contributed by atoms with Crippen LogP contribution in [0.1, 0.15) is 107 Å². The minimum Gasteiger partial charge on any atom is -0.466 e. The van der Waals surface area contributed by atoms with Gasteiger partial charge in [-0.25, -0.2) is 0 Å². The summed E-state index contributed by atoms with van der Waals surface area (Å²) in [5.41, 5.74) is -0.562. The summed E-state index contributed by atoms with van der Waals surface area (Å²) in [5, 5.41) is 8.06. The number of ether oxygens (including phenoxy) is 1. The number of nitrogens with one attached hydrogen (secondary N) is 1. The molecule has 4 saturated carbocycles. The summed E-state index contributed by atoms with van der Waals surface area (Å²) in [6.45, 7) is 17.9. The molecular weight excluding hydrogens is 474 g/mol. The highest BCUT2D eigenvalue weighted by Crippen LogP contribution is 2.75. The van der Waals surface area contributed by atoms with Crippen molar-refractivity contribution < 1.29 is 19.1 Å². The van der Waals surface area contributed by atoms with Gasteiger partial charge in [0.1, 0.15) is 5.78 Å². The molecule has 0 aliphatic heterocycles. The molecule has 8 unspecified atom stereocenters. The quantitative estimate of drug-likeness (QED) is 0.320. The molecule has 0 heterocycles. The Balaban J connectivity index is 1.66. The van der Waals surface area contributed by atoms with E-state index in [1.54, 1.807) is 0 Å². The van der Waals surface area contributed by atoms with E-state index in [0.29, 0.717) is 13.0 Å². The zero-order valence-corrected chi connectivity index (χ0v) is 25.0. The predicted octanol–water partition coefficient (Wildman–Crippen LogP) is 6.97. The van der Waals surface area contributed by atoms with Crippen molar-refractivity contribution in [3.63, 3.8) is 0 Å². The molecule has 0 spiro atoms. The summed E-state index contributed by atoms with van der Waals surface area (Å²) in [6, 6.07) is 0. The molecular formula is C33H49NO4. The molecule has 0 radical (unpaired) electrons. The molecule has 4 fully saturated rings. The summed E-state index contributed by atoms with van der Waals surface area (Å²) >= 11 is 0. The summed E-state index contributed by atoms with van der Waals surface area (Å²) in [4.78, 5) is 41.5. The van der Waals surface area contributed by atoms with E-state index in [1.807, 2.05) is 13.0 Å². The van der Waals surface area contributed by atoms with Crippen LogP contribution >= 0.6 is 0 Å². The first-order valence-corrected chi connectivity index (χ1v) is 15.0. The van der Waals surface area contributed by atoms with Crippen molar-refractivity contribution in [2.24, 2.45) is 56.2 Å². The fourth-order valence-electron chi connectivity index (χ4n) is 10.8. The molecule has 0 aromatic carbocycles. The Kier molecular flexibility index (Phi) is 6.11. The van der Waals surface area contributed by atoms with E-state index in [0.717, 1.165) is 44.9 Å². The number of fused-ring (bicyclic) bond motifs is 7.